The zero-order valence-electron chi connectivity index (χ0n) is 12.2. The van der Waals surface area contributed by atoms with E-state index in [4.69, 9.17) is 16.2 Å². The monoisotopic (exact) mass is 277 g/mol. The van der Waals surface area contributed by atoms with Crippen LogP contribution in [0.5, 0.6) is 0 Å². The number of nitrogens with zero attached hydrogens (tertiary/aromatic N) is 3. The maximum Gasteiger partial charge on any atom is 0.195 e. The van der Waals surface area contributed by atoms with E-state index in [9.17, 15) is 0 Å². The van der Waals surface area contributed by atoms with E-state index in [0.29, 0.717) is 12.5 Å². The molecule has 20 heavy (non-hydrogen) atoms. The van der Waals surface area contributed by atoms with Crippen LogP contribution in [0.2, 0.25) is 0 Å². The summed E-state index contributed by atoms with van der Waals surface area (Å²) in [6.07, 6.45) is 0. The number of guanidine groups is 1. The van der Waals surface area contributed by atoms with Gasteiger partial charge in [0.15, 0.2) is 5.96 Å². The maximum absolute atomic E-state index is 5.94. The first-order valence-electron chi connectivity index (χ1n) is 6.79. The fourth-order valence-electron chi connectivity index (χ4n) is 2.44. The van der Waals surface area contributed by atoms with Crippen molar-refractivity contribution in [1.29, 1.82) is 0 Å². The predicted molar refractivity (Wildman–Crippen MR) is 83.3 cm³/mol. The zero-order chi connectivity index (χ0) is 14.5. The van der Waals surface area contributed by atoms with E-state index >= 15 is 0 Å². The number of para-hydroxylation sites is 1. The Hall–Kier alpha value is -1.79. The molecule has 6 heteroatoms. The Kier molecular flexibility index (Phi) is 4.81. The van der Waals surface area contributed by atoms with Crippen molar-refractivity contribution >= 4 is 17.3 Å². The average Bonchev–Trinajstić information content (AvgIpc) is 2.53. The van der Waals surface area contributed by atoms with Crippen LogP contribution in [0.1, 0.15) is 5.56 Å². The van der Waals surface area contributed by atoms with Crippen molar-refractivity contribution in [1.82, 2.24) is 0 Å². The van der Waals surface area contributed by atoms with E-state index in [1.54, 1.807) is 7.05 Å². The highest BCUT2D eigenvalue weighted by Gasteiger charge is 2.20. The molecule has 1 saturated heterocycles. The number of nitrogens with two attached hydrogens (primary N) is 2. The Bertz CT molecular complexity index is 482. The van der Waals surface area contributed by atoms with Crippen molar-refractivity contribution in [3.05, 3.63) is 23.8 Å². The minimum absolute atomic E-state index is 0.480. The van der Waals surface area contributed by atoms with Crippen molar-refractivity contribution in [2.45, 2.75) is 6.54 Å². The number of anilines is 2. The molecule has 0 unspecified atom stereocenters. The quantitative estimate of drug-likeness (QED) is 0.616. The van der Waals surface area contributed by atoms with E-state index in [1.807, 2.05) is 24.1 Å². The lowest BCUT2D eigenvalue weighted by Crippen LogP contribution is -2.40. The Morgan fingerprint density at radius 1 is 1.40 bits per heavy atom. The zero-order valence-corrected chi connectivity index (χ0v) is 12.2. The molecule has 110 valence electrons. The standard InChI is InChI=1S/C14H23N5O/c1-17-14(16)18(2)12-5-3-4-11(10-15)13(12)19-6-8-20-9-7-19/h3-5H,6-10,15H2,1-2H3,(H2,16,17). The van der Waals surface area contributed by atoms with Gasteiger partial charge in [-0.3, -0.25) is 4.99 Å². The van der Waals surface area contributed by atoms with E-state index in [-0.39, 0.29) is 0 Å². The van der Waals surface area contributed by atoms with Gasteiger partial charge in [-0.15, -0.1) is 0 Å². The SMILES string of the molecule is CN=C(N)N(C)c1cccc(CN)c1N1CCOCC1. The first-order chi connectivity index (χ1) is 9.69. The third kappa shape index (κ3) is 2.86. The topological polar surface area (TPSA) is 80.1 Å². The number of morpholine rings is 1. The minimum atomic E-state index is 0.480. The molecule has 0 aliphatic carbocycles. The molecule has 0 aromatic heterocycles. The maximum atomic E-state index is 5.94. The number of benzene rings is 1. The molecule has 1 aliphatic heterocycles. The summed E-state index contributed by atoms with van der Waals surface area (Å²) < 4.78 is 5.43. The van der Waals surface area contributed by atoms with Crippen molar-refractivity contribution in [2.24, 2.45) is 16.5 Å². The van der Waals surface area contributed by atoms with Crippen LogP contribution < -0.4 is 21.3 Å². The molecule has 0 radical (unpaired) electrons. The molecule has 2 rings (SSSR count). The molecule has 0 atom stereocenters. The highest BCUT2D eigenvalue weighted by molar-refractivity contribution is 5.98. The molecule has 6 nitrogen and oxygen atoms in total. The molecule has 1 aromatic rings. The summed E-state index contributed by atoms with van der Waals surface area (Å²) >= 11 is 0. The second-order valence-electron chi connectivity index (χ2n) is 4.73. The summed E-state index contributed by atoms with van der Waals surface area (Å²) in [5, 5.41) is 0. The number of ether oxygens (including phenoxy) is 1. The fraction of sp³-hybridized carbons (Fsp3) is 0.500. The van der Waals surface area contributed by atoms with Crippen LogP contribution in [-0.2, 0) is 11.3 Å². The predicted octanol–water partition coefficient (Wildman–Crippen LogP) is 0.363. The third-order valence-electron chi connectivity index (χ3n) is 3.58. The Morgan fingerprint density at radius 2 is 2.10 bits per heavy atom. The lowest BCUT2D eigenvalue weighted by Gasteiger charge is -2.34. The van der Waals surface area contributed by atoms with Gasteiger partial charge in [0.25, 0.3) is 0 Å². The third-order valence-corrected chi connectivity index (χ3v) is 3.58. The molecule has 1 fully saturated rings. The van der Waals surface area contributed by atoms with Crippen LogP contribution in [0.15, 0.2) is 23.2 Å². The van der Waals surface area contributed by atoms with Crippen LogP contribution in [-0.4, -0.2) is 46.4 Å². The molecule has 0 amide bonds. The summed E-state index contributed by atoms with van der Waals surface area (Å²) in [7, 11) is 3.61. The smallest absolute Gasteiger partial charge is 0.195 e. The summed E-state index contributed by atoms with van der Waals surface area (Å²) in [5.41, 5.74) is 15.1. The largest absolute Gasteiger partial charge is 0.378 e. The van der Waals surface area contributed by atoms with Gasteiger partial charge in [-0.2, -0.15) is 0 Å². The van der Waals surface area contributed by atoms with Gasteiger partial charge in [-0.25, -0.2) is 0 Å². The highest BCUT2D eigenvalue weighted by atomic mass is 16.5. The summed E-state index contributed by atoms with van der Waals surface area (Å²) in [5.74, 6) is 0.480. The molecule has 4 N–H and O–H groups in total. The molecule has 1 heterocycles. The van der Waals surface area contributed by atoms with Crippen molar-refractivity contribution in [3.8, 4) is 0 Å². The molecule has 1 aromatic carbocycles. The Labute approximate surface area is 120 Å². The molecular weight excluding hydrogens is 254 g/mol. The van der Waals surface area contributed by atoms with Gasteiger partial charge in [0.2, 0.25) is 0 Å². The molecule has 0 spiro atoms. The number of aliphatic imine (C=N–C) groups is 1. The first-order valence-corrected chi connectivity index (χ1v) is 6.79. The molecular formula is C14H23N5O. The van der Waals surface area contributed by atoms with E-state index in [0.717, 1.165) is 43.2 Å². The van der Waals surface area contributed by atoms with Crippen molar-refractivity contribution < 1.29 is 4.74 Å². The van der Waals surface area contributed by atoms with Gasteiger partial charge < -0.3 is 26.0 Å². The van der Waals surface area contributed by atoms with Gasteiger partial charge in [-0.1, -0.05) is 12.1 Å². The Balaban J connectivity index is 2.45. The fourth-order valence-corrected chi connectivity index (χ4v) is 2.44. The molecule has 0 bridgehead atoms. The summed E-state index contributed by atoms with van der Waals surface area (Å²) in [4.78, 5) is 8.25. The lowest BCUT2D eigenvalue weighted by molar-refractivity contribution is 0.122. The summed E-state index contributed by atoms with van der Waals surface area (Å²) in [6, 6.07) is 6.10. The lowest BCUT2D eigenvalue weighted by atomic mass is 10.1. The van der Waals surface area contributed by atoms with E-state index in [1.165, 1.54) is 0 Å². The van der Waals surface area contributed by atoms with Gasteiger partial charge >= 0.3 is 0 Å². The second kappa shape index (κ2) is 6.58. The number of hydrogen-bond donors (Lipinski definition) is 2. The van der Waals surface area contributed by atoms with Crippen LogP contribution in [0.25, 0.3) is 0 Å². The highest BCUT2D eigenvalue weighted by Crippen LogP contribution is 2.33. The van der Waals surface area contributed by atoms with Crippen molar-refractivity contribution in [3.63, 3.8) is 0 Å². The normalized spacial score (nSPS) is 16.4. The van der Waals surface area contributed by atoms with E-state index in [2.05, 4.69) is 16.0 Å². The van der Waals surface area contributed by atoms with Gasteiger partial charge in [0, 0.05) is 33.7 Å². The number of hydrogen-bond acceptors (Lipinski definition) is 4. The Morgan fingerprint density at radius 3 is 2.70 bits per heavy atom. The van der Waals surface area contributed by atoms with Gasteiger partial charge in [0.05, 0.1) is 24.6 Å². The summed E-state index contributed by atoms with van der Waals surface area (Å²) in [6.45, 7) is 3.69. The first kappa shape index (κ1) is 14.6. The van der Waals surface area contributed by atoms with Crippen LogP contribution in [0, 0.1) is 0 Å². The van der Waals surface area contributed by atoms with Crippen LogP contribution in [0.4, 0.5) is 11.4 Å². The molecule has 0 saturated carbocycles. The minimum Gasteiger partial charge on any atom is -0.378 e. The van der Waals surface area contributed by atoms with Gasteiger partial charge in [0.1, 0.15) is 0 Å². The van der Waals surface area contributed by atoms with Crippen molar-refractivity contribution in [2.75, 3.05) is 50.2 Å². The van der Waals surface area contributed by atoms with E-state index < -0.39 is 0 Å². The number of rotatable bonds is 3. The van der Waals surface area contributed by atoms with Crippen LogP contribution >= 0.6 is 0 Å². The second-order valence-corrected chi connectivity index (χ2v) is 4.73. The average molecular weight is 277 g/mol. The van der Waals surface area contributed by atoms with Crippen LogP contribution in [0.3, 0.4) is 0 Å². The van der Waals surface area contributed by atoms with Gasteiger partial charge in [-0.05, 0) is 11.6 Å². The molecule has 1 aliphatic rings.